The van der Waals surface area contributed by atoms with Gasteiger partial charge in [0.1, 0.15) is 0 Å². The third-order valence-corrected chi connectivity index (χ3v) is 2.29. The van der Waals surface area contributed by atoms with Crippen LogP contribution in [0.5, 0.6) is 0 Å². The number of hydrogen-bond acceptors (Lipinski definition) is 3. The maximum Gasteiger partial charge on any atom is 0.0889 e. The molecule has 6 heteroatoms. The highest BCUT2D eigenvalue weighted by atomic mass is 16.3. The monoisotopic (exact) mass is 223 g/mol. The molecule has 1 aromatic rings. The van der Waals surface area contributed by atoms with Crippen molar-refractivity contribution in [1.29, 1.82) is 0 Å². The second kappa shape index (κ2) is 4.55. The molecule has 0 aliphatic carbocycles. The summed E-state index contributed by atoms with van der Waals surface area (Å²) in [5.41, 5.74) is 9.94. The summed E-state index contributed by atoms with van der Waals surface area (Å²) in [6.07, 6.45) is 1.79. The fourth-order valence-corrected chi connectivity index (χ4v) is 1.59. The molecule has 1 unspecified atom stereocenters. The van der Waals surface area contributed by atoms with Gasteiger partial charge in [-0.15, -0.1) is 0 Å². The van der Waals surface area contributed by atoms with Crippen LogP contribution in [0.2, 0.25) is 0 Å². The van der Waals surface area contributed by atoms with Crippen LogP contribution in [-0.2, 0) is 12.5 Å². The van der Waals surface area contributed by atoms with Gasteiger partial charge in [0, 0.05) is 29.1 Å². The smallest absolute Gasteiger partial charge is 0.0889 e. The Morgan fingerprint density at radius 1 is 1.62 bits per heavy atom. The van der Waals surface area contributed by atoms with Gasteiger partial charge < -0.3 is 5.11 Å². The average Bonchev–Trinajstić information content (AvgIpc) is 2.56. The standard InChI is InChI=1S/C10H17N5O/c1-10(2,3)9-7(5-15(4)13-9)8(6-16)12-14-11/h5,8,16H,6H2,1-4H3. The molecule has 0 saturated carbocycles. The fraction of sp³-hybridized carbons (Fsp3) is 0.700. The first kappa shape index (κ1) is 12.5. The Morgan fingerprint density at radius 2 is 2.25 bits per heavy atom. The summed E-state index contributed by atoms with van der Waals surface area (Å²) < 4.78 is 1.67. The summed E-state index contributed by atoms with van der Waals surface area (Å²) in [6.45, 7) is 5.88. The second-order valence-electron chi connectivity index (χ2n) is 4.76. The Bertz CT molecular complexity index is 411. The quantitative estimate of drug-likeness (QED) is 0.483. The van der Waals surface area contributed by atoms with Crippen LogP contribution >= 0.6 is 0 Å². The molecule has 0 saturated heterocycles. The van der Waals surface area contributed by atoms with Gasteiger partial charge in [-0.3, -0.25) is 4.68 Å². The lowest BCUT2D eigenvalue weighted by molar-refractivity contribution is 0.266. The lowest BCUT2D eigenvalue weighted by atomic mass is 9.88. The van der Waals surface area contributed by atoms with Crippen molar-refractivity contribution < 1.29 is 5.11 Å². The number of azide groups is 1. The summed E-state index contributed by atoms with van der Waals surface area (Å²) in [5.74, 6) is 0. The Kier molecular flexibility index (Phi) is 3.57. The lowest BCUT2D eigenvalue weighted by Crippen LogP contribution is -2.16. The van der Waals surface area contributed by atoms with E-state index in [4.69, 9.17) is 5.53 Å². The van der Waals surface area contributed by atoms with E-state index in [-0.39, 0.29) is 12.0 Å². The number of aryl methyl sites for hydroxylation is 1. The molecule has 1 heterocycles. The van der Waals surface area contributed by atoms with E-state index >= 15 is 0 Å². The number of nitrogens with zero attached hydrogens (tertiary/aromatic N) is 5. The SMILES string of the molecule is Cn1cc(C(CO)N=[N+]=[N-])c(C(C)(C)C)n1. The van der Waals surface area contributed by atoms with Crippen molar-refractivity contribution in [2.45, 2.75) is 32.2 Å². The molecule has 0 fully saturated rings. The Balaban J connectivity index is 3.26. The minimum Gasteiger partial charge on any atom is -0.396 e. The summed E-state index contributed by atoms with van der Waals surface area (Å²) in [4.78, 5) is 2.74. The summed E-state index contributed by atoms with van der Waals surface area (Å²) >= 11 is 0. The molecule has 6 nitrogen and oxygen atoms in total. The molecule has 1 atom stereocenters. The number of rotatable bonds is 3. The number of aromatic nitrogens is 2. The zero-order chi connectivity index (χ0) is 12.3. The molecule has 88 valence electrons. The molecular formula is C10H17N5O. The maximum absolute atomic E-state index is 9.21. The molecular weight excluding hydrogens is 206 g/mol. The molecule has 0 spiro atoms. The zero-order valence-electron chi connectivity index (χ0n) is 10.0. The summed E-state index contributed by atoms with van der Waals surface area (Å²) in [5, 5.41) is 17.1. The van der Waals surface area contributed by atoms with Crippen LogP contribution in [0.1, 0.15) is 38.1 Å². The van der Waals surface area contributed by atoms with Gasteiger partial charge in [-0.05, 0) is 5.53 Å². The van der Waals surface area contributed by atoms with Crippen LogP contribution < -0.4 is 0 Å². The molecule has 0 aromatic carbocycles. The van der Waals surface area contributed by atoms with Crippen molar-refractivity contribution in [3.8, 4) is 0 Å². The van der Waals surface area contributed by atoms with Crippen LogP contribution in [0.3, 0.4) is 0 Å². The fourth-order valence-electron chi connectivity index (χ4n) is 1.59. The van der Waals surface area contributed by atoms with E-state index in [1.165, 1.54) is 0 Å². The minimum atomic E-state index is -0.562. The van der Waals surface area contributed by atoms with Crippen molar-refractivity contribution in [2.24, 2.45) is 12.2 Å². The highest BCUT2D eigenvalue weighted by Gasteiger charge is 2.25. The second-order valence-corrected chi connectivity index (χ2v) is 4.76. The van der Waals surface area contributed by atoms with Gasteiger partial charge in [0.15, 0.2) is 0 Å². The summed E-state index contributed by atoms with van der Waals surface area (Å²) in [7, 11) is 1.81. The first-order chi connectivity index (χ1) is 7.40. The van der Waals surface area contributed by atoms with Gasteiger partial charge >= 0.3 is 0 Å². The van der Waals surface area contributed by atoms with E-state index in [9.17, 15) is 5.11 Å². The predicted molar refractivity (Wildman–Crippen MR) is 60.9 cm³/mol. The van der Waals surface area contributed by atoms with Gasteiger partial charge in [-0.2, -0.15) is 5.10 Å². The zero-order valence-corrected chi connectivity index (χ0v) is 10.0. The minimum absolute atomic E-state index is 0.144. The first-order valence-electron chi connectivity index (χ1n) is 5.09. The van der Waals surface area contributed by atoms with Gasteiger partial charge in [-0.1, -0.05) is 25.9 Å². The normalized spacial score (nSPS) is 13.3. The predicted octanol–water partition coefficient (Wildman–Crippen LogP) is 2.06. The topological polar surface area (TPSA) is 86.8 Å². The number of aliphatic hydroxyl groups is 1. The molecule has 1 aromatic heterocycles. The van der Waals surface area contributed by atoms with Gasteiger partial charge in [0.25, 0.3) is 0 Å². The molecule has 0 aliphatic rings. The van der Waals surface area contributed by atoms with Crippen molar-refractivity contribution in [3.05, 3.63) is 27.9 Å². The van der Waals surface area contributed by atoms with Gasteiger partial charge in [0.2, 0.25) is 0 Å². The Morgan fingerprint density at radius 3 is 2.69 bits per heavy atom. The van der Waals surface area contributed by atoms with Gasteiger partial charge in [-0.25, -0.2) is 0 Å². The van der Waals surface area contributed by atoms with Crippen LogP contribution in [-0.4, -0.2) is 21.5 Å². The van der Waals surface area contributed by atoms with E-state index in [0.29, 0.717) is 0 Å². The largest absolute Gasteiger partial charge is 0.396 e. The molecule has 1 N–H and O–H groups in total. The molecule has 0 amide bonds. The van der Waals surface area contributed by atoms with Crippen molar-refractivity contribution in [3.63, 3.8) is 0 Å². The van der Waals surface area contributed by atoms with Crippen LogP contribution in [0.4, 0.5) is 0 Å². The van der Waals surface area contributed by atoms with Crippen LogP contribution in [0, 0.1) is 0 Å². The van der Waals surface area contributed by atoms with E-state index < -0.39 is 6.04 Å². The molecule has 0 bridgehead atoms. The van der Waals surface area contributed by atoms with E-state index in [1.807, 2.05) is 27.8 Å². The number of hydrogen-bond donors (Lipinski definition) is 1. The molecule has 0 aliphatic heterocycles. The van der Waals surface area contributed by atoms with E-state index in [2.05, 4.69) is 15.1 Å². The van der Waals surface area contributed by atoms with Crippen LogP contribution in [0.25, 0.3) is 10.4 Å². The van der Waals surface area contributed by atoms with Gasteiger partial charge in [0.05, 0.1) is 18.3 Å². The molecule has 16 heavy (non-hydrogen) atoms. The van der Waals surface area contributed by atoms with E-state index in [1.54, 1.807) is 10.9 Å². The first-order valence-corrected chi connectivity index (χ1v) is 5.09. The molecule has 0 radical (unpaired) electrons. The third-order valence-electron chi connectivity index (χ3n) is 2.29. The Hall–Kier alpha value is -1.52. The number of aliphatic hydroxyl groups excluding tert-OH is 1. The van der Waals surface area contributed by atoms with E-state index in [0.717, 1.165) is 11.3 Å². The van der Waals surface area contributed by atoms with Crippen molar-refractivity contribution in [1.82, 2.24) is 9.78 Å². The highest BCUT2D eigenvalue weighted by molar-refractivity contribution is 5.27. The lowest BCUT2D eigenvalue weighted by Gasteiger charge is -2.19. The Labute approximate surface area is 94.5 Å². The highest BCUT2D eigenvalue weighted by Crippen LogP contribution is 2.29. The van der Waals surface area contributed by atoms with Crippen molar-refractivity contribution in [2.75, 3.05) is 6.61 Å². The summed E-state index contributed by atoms with van der Waals surface area (Å²) in [6, 6.07) is -0.562. The molecule has 1 rings (SSSR count). The average molecular weight is 223 g/mol. The van der Waals surface area contributed by atoms with Crippen LogP contribution in [0.15, 0.2) is 11.3 Å². The van der Waals surface area contributed by atoms with Crippen molar-refractivity contribution >= 4 is 0 Å². The third kappa shape index (κ3) is 2.53. The maximum atomic E-state index is 9.21.